The normalized spacial score (nSPS) is 21.4. The molecule has 1 aromatic rings. The third-order valence-corrected chi connectivity index (χ3v) is 4.63. The second kappa shape index (κ2) is 5.13. The summed E-state index contributed by atoms with van der Waals surface area (Å²) in [5.41, 5.74) is 0.141. The molecule has 0 aromatic heterocycles. The molecule has 2 heterocycles. The smallest absolute Gasteiger partial charge is 0.256 e. The Kier molecular flexibility index (Phi) is 3.46. The van der Waals surface area contributed by atoms with Gasteiger partial charge in [-0.2, -0.15) is 0 Å². The number of nitrogens with one attached hydrogen (secondary N) is 1. The maximum Gasteiger partial charge on any atom is 0.256 e. The fraction of sp³-hybridized carbons (Fsp3) is 0.533. The number of benzene rings is 1. The standard InChI is InChI=1S/C15H18F2N2O/c16-12-3-1-2-11(13(12)17)14(20)19-8-5-15(6-9-19)4-7-18-10-15/h1-3,18H,4-10H2. The predicted octanol–water partition coefficient (Wildman–Crippen LogP) is 2.18. The quantitative estimate of drug-likeness (QED) is 0.855. The third-order valence-electron chi connectivity index (χ3n) is 4.63. The zero-order chi connectivity index (χ0) is 14.2. The van der Waals surface area contributed by atoms with E-state index in [0.29, 0.717) is 18.5 Å². The molecule has 2 aliphatic heterocycles. The number of halogens is 2. The maximum absolute atomic E-state index is 13.7. The van der Waals surface area contributed by atoms with Gasteiger partial charge in [0.25, 0.3) is 5.91 Å². The number of amides is 1. The molecule has 2 saturated heterocycles. The maximum atomic E-state index is 13.7. The lowest BCUT2D eigenvalue weighted by Gasteiger charge is -2.38. The van der Waals surface area contributed by atoms with E-state index in [1.807, 2.05) is 0 Å². The van der Waals surface area contributed by atoms with Crippen molar-refractivity contribution in [3.8, 4) is 0 Å². The van der Waals surface area contributed by atoms with Crippen molar-refractivity contribution in [2.24, 2.45) is 5.41 Å². The van der Waals surface area contributed by atoms with Crippen LogP contribution in [0.5, 0.6) is 0 Å². The molecule has 1 amide bonds. The van der Waals surface area contributed by atoms with Crippen molar-refractivity contribution in [3.63, 3.8) is 0 Å². The van der Waals surface area contributed by atoms with Crippen LogP contribution in [0.4, 0.5) is 8.78 Å². The molecule has 0 atom stereocenters. The number of piperidine rings is 1. The number of nitrogens with zero attached hydrogens (tertiary/aromatic N) is 1. The summed E-state index contributed by atoms with van der Waals surface area (Å²) in [6.45, 7) is 3.28. The van der Waals surface area contributed by atoms with E-state index in [-0.39, 0.29) is 5.56 Å². The highest BCUT2D eigenvalue weighted by Crippen LogP contribution is 2.37. The Labute approximate surface area is 117 Å². The lowest BCUT2D eigenvalue weighted by molar-refractivity contribution is 0.0602. The molecule has 5 heteroatoms. The van der Waals surface area contributed by atoms with E-state index in [0.717, 1.165) is 38.4 Å². The number of hydrogen-bond acceptors (Lipinski definition) is 2. The molecule has 108 valence electrons. The molecule has 1 spiro atoms. The van der Waals surface area contributed by atoms with Crippen LogP contribution in [0.25, 0.3) is 0 Å². The van der Waals surface area contributed by atoms with Gasteiger partial charge in [-0.15, -0.1) is 0 Å². The Morgan fingerprint density at radius 2 is 1.95 bits per heavy atom. The van der Waals surface area contributed by atoms with Crippen LogP contribution in [0.2, 0.25) is 0 Å². The topological polar surface area (TPSA) is 32.3 Å². The molecule has 3 rings (SSSR count). The first-order valence-electron chi connectivity index (χ1n) is 7.05. The fourth-order valence-electron chi connectivity index (χ4n) is 3.25. The minimum atomic E-state index is -1.04. The van der Waals surface area contributed by atoms with Gasteiger partial charge in [0.1, 0.15) is 0 Å². The van der Waals surface area contributed by atoms with Crippen LogP contribution in [0.15, 0.2) is 18.2 Å². The molecule has 0 radical (unpaired) electrons. The zero-order valence-corrected chi connectivity index (χ0v) is 11.3. The highest BCUT2D eigenvalue weighted by atomic mass is 19.2. The van der Waals surface area contributed by atoms with E-state index < -0.39 is 17.5 Å². The first-order chi connectivity index (χ1) is 9.61. The van der Waals surface area contributed by atoms with Crippen molar-refractivity contribution >= 4 is 5.91 Å². The van der Waals surface area contributed by atoms with Gasteiger partial charge in [-0.3, -0.25) is 4.79 Å². The van der Waals surface area contributed by atoms with Crippen molar-refractivity contribution in [3.05, 3.63) is 35.4 Å². The Bertz CT molecular complexity index is 517. The molecule has 2 fully saturated rings. The van der Waals surface area contributed by atoms with Crippen molar-refractivity contribution < 1.29 is 13.6 Å². The number of carbonyl (C=O) groups excluding carboxylic acids is 1. The SMILES string of the molecule is O=C(c1cccc(F)c1F)N1CCC2(CCNC2)CC1. The second-order valence-corrected chi connectivity index (χ2v) is 5.82. The molecule has 1 N–H and O–H groups in total. The van der Waals surface area contributed by atoms with Gasteiger partial charge in [0, 0.05) is 19.6 Å². The summed E-state index contributed by atoms with van der Waals surface area (Å²) in [7, 11) is 0. The van der Waals surface area contributed by atoms with E-state index in [2.05, 4.69) is 5.32 Å². The number of carbonyl (C=O) groups is 1. The fourth-order valence-corrected chi connectivity index (χ4v) is 3.25. The predicted molar refractivity (Wildman–Crippen MR) is 71.4 cm³/mol. The van der Waals surface area contributed by atoms with Crippen molar-refractivity contribution in [2.75, 3.05) is 26.2 Å². The Morgan fingerprint density at radius 1 is 1.20 bits per heavy atom. The van der Waals surface area contributed by atoms with Crippen LogP contribution >= 0.6 is 0 Å². The van der Waals surface area contributed by atoms with Gasteiger partial charge in [0.2, 0.25) is 0 Å². The van der Waals surface area contributed by atoms with E-state index in [9.17, 15) is 13.6 Å². The van der Waals surface area contributed by atoms with E-state index in [4.69, 9.17) is 0 Å². The van der Waals surface area contributed by atoms with Gasteiger partial charge in [0.15, 0.2) is 11.6 Å². The van der Waals surface area contributed by atoms with Gasteiger partial charge in [-0.05, 0) is 43.4 Å². The number of hydrogen-bond donors (Lipinski definition) is 1. The van der Waals surface area contributed by atoms with Crippen LogP contribution in [0.1, 0.15) is 29.6 Å². The summed E-state index contributed by atoms with van der Waals surface area (Å²) in [6.07, 6.45) is 3.01. The number of likely N-dealkylation sites (tertiary alicyclic amines) is 1. The summed E-state index contributed by atoms with van der Waals surface area (Å²) >= 11 is 0. The minimum absolute atomic E-state index is 0.162. The second-order valence-electron chi connectivity index (χ2n) is 5.82. The first kappa shape index (κ1) is 13.5. The highest BCUT2D eigenvalue weighted by molar-refractivity contribution is 5.94. The van der Waals surface area contributed by atoms with Gasteiger partial charge >= 0.3 is 0 Å². The van der Waals surface area contributed by atoms with Gasteiger partial charge in [-0.1, -0.05) is 6.07 Å². The summed E-state index contributed by atoms with van der Waals surface area (Å²) < 4.78 is 26.9. The van der Waals surface area contributed by atoms with Crippen LogP contribution in [0, 0.1) is 17.0 Å². The lowest BCUT2D eigenvalue weighted by Crippen LogP contribution is -2.44. The van der Waals surface area contributed by atoms with Crippen molar-refractivity contribution in [1.29, 1.82) is 0 Å². The van der Waals surface area contributed by atoms with Gasteiger partial charge in [-0.25, -0.2) is 8.78 Å². The van der Waals surface area contributed by atoms with E-state index in [1.165, 1.54) is 12.1 Å². The molecule has 0 aliphatic carbocycles. The highest BCUT2D eigenvalue weighted by Gasteiger charge is 2.38. The molecule has 3 nitrogen and oxygen atoms in total. The first-order valence-corrected chi connectivity index (χ1v) is 7.05. The lowest BCUT2D eigenvalue weighted by atomic mass is 9.78. The molecule has 0 unspecified atom stereocenters. The molecule has 0 bridgehead atoms. The summed E-state index contributed by atoms with van der Waals surface area (Å²) in [5, 5.41) is 3.36. The summed E-state index contributed by atoms with van der Waals surface area (Å²) in [6, 6.07) is 3.75. The van der Waals surface area contributed by atoms with E-state index in [1.54, 1.807) is 4.90 Å². The Hall–Kier alpha value is -1.49. The molecule has 2 aliphatic rings. The summed E-state index contributed by atoms with van der Waals surface area (Å²) in [4.78, 5) is 13.9. The monoisotopic (exact) mass is 280 g/mol. The van der Waals surface area contributed by atoms with Crippen LogP contribution in [-0.2, 0) is 0 Å². The molecular weight excluding hydrogens is 262 g/mol. The molecule has 0 saturated carbocycles. The van der Waals surface area contributed by atoms with Crippen molar-refractivity contribution in [1.82, 2.24) is 10.2 Å². The third kappa shape index (κ3) is 2.30. The van der Waals surface area contributed by atoms with Gasteiger partial charge in [0.05, 0.1) is 5.56 Å². The van der Waals surface area contributed by atoms with Crippen molar-refractivity contribution in [2.45, 2.75) is 19.3 Å². The number of rotatable bonds is 1. The summed E-state index contributed by atoms with van der Waals surface area (Å²) in [5.74, 6) is -2.41. The van der Waals surface area contributed by atoms with Crippen LogP contribution in [0.3, 0.4) is 0 Å². The Morgan fingerprint density at radius 3 is 2.60 bits per heavy atom. The Balaban J connectivity index is 1.71. The average molecular weight is 280 g/mol. The van der Waals surface area contributed by atoms with E-state index >= 15 is 0 Å². The average Bonchev–Trinajstić information content (AvgIpc) is 2.90. The minimum Gasteiger partial charge on any atom is -0.339 e. The largest absolute Gasteiger partial charge is 0.339 e. The van der Waals surface area contributed by atoms with Crippen LogP contribution < -0.4 is 5.32 Å². The molecule has 20 heavy (non-hydrogen) atoms. The zero-order valence-electron chi connectivity index (χ0n) is 11.3. The van der Waals surface area contributed by atoms with Gasteiger partial charge < -0.3 is 10.2 Å². The molecular formula is C15H18F2N2O. The van der Waals surface area contributed by atoms with Crippen LogP contribution in [-0.4, -0.2) is 37.0 Å². The molecule has 1 aromatic carbocycles.